The molecule has 1 aliphatic heterocycles. The van der Waals surface area contributed by atoms with E-state index in [0.717, 1.165) is 43.3 Å². The summed E-state index contributed by atoms with van der Waals surface area (Å²) < 4.78 is 0. The van der Waals surface area contributed by atoms with E-state index in [2.05, 4.69) is 26.2 Å². The highest BCUT2D eigenvalue weighted by Gasteiger charge is 2.22. The van der Waals surface area contributed by atoms with Gasteiger partial charge in [-0.3, -0.25) is 9.69 Å². The number of pyridine rings is 1. The first kappa shape index (κ1) is 17.2. The lowest BCUT2D eigenvalue weighted by Gasteiger charge is -2.35. The number of piperazine rings is 1. The number of nitrogens with one attached hydrogen (secondary N) is 1. The third-order valence-corrected chi connectivity index (χ3v) is 3.93. The number of nitrogens with zero attached hydrogens (tertiary/aromatic N) is 4. The van der Waals surface area contributed by atoms with Crippen LogP contribution in [0, 0.1) is 25.2 Å². The summed E-state index contributed by atoms with van der Waals surface area (Å²) in [7, 11) is 0. The third kappa shape index (κ3) is 4.42. The molecule has 2 rings (SSSR count). The number of aromatic nitrogens is 1. The molecule has 0 aliphatic carbocycles. The van der Waals surface area contributed by atoms with Crippen LogP contribution in [0.2, 0.25) is 0 Å². The minimum atomic E-state index is 0.0655. The van der Waals surface area contributed by atoms with Gasteiger partial charge < -0.3 is 10.2 Å². The molecule has 1 amide bonds. The van der Waals surface area contributed by atoms with Gasteiger partial charge in [0.1, 0.15) is 11.9 Å². The molecule has 0 unspecified atom stereocenters. The van der Waals surface area contributed by atoms with E-state index in [0.29, 0.717) is 12.1 Å². The summed E-state index contributed by atoms with van der Waals surface area (Å²) in [4.78, 5) is 20.7. The van der Waals surface area contributed by atoms with Crippen LogP contribution in [-0.4, -0.2) is 54.6 Å². The minimum absolute atomic E-state index is 0.0655. The van der Waals surface area contributed by atoms with Crippen molar-refractivity contribution in [2.75, 3.05) is 37.6 Å². The van der Waals surface area contributed by atoms with Crippen molar-refractivity contribution in [3.05, 3.63) is 22.9 Å². The van der Waals surface area contributed by atoms with Gasteiger partial charge in [-0.1, -0.05) is 0 Å². The highest BCUT2D eigenvalue weighted by Crippen LogP contribution is 2.22. The van der Waals surface area contributed by atoms with Crippen molar-refractivity contribution >= 4 is 11.7 Å². The molecule has 1 aromatic rings. The van der Waals surface area contributed by atoms with Crippen LogP contribution in [0.3, 0.4) is 0 Å². The molecular weight excluding hydrogens is 290 g/mol. The minimum Gasteiger partial charge on any atom is -0.353 e. The van der Waals surface area contributed by atoms with Gasteiger partial charge in [-0.05, 0) is 39.3 Å². The molecule has 124 valence electrons. The average molecular weight is 315 g/mol. The third-order valence-electron chi connectivity index (χ3n) is 3.93. The molecule has 0 saturated carbocycles. The number of carbonyl (C=O) groups is 1. The Morgan fingerprint density at radius 3 is 2.57 bits per heavy atom. The van der Waals surface area contributed by atoms with Crippen LogP contribution in [0.25, 0.3) is 0 Å². The first-order valence-electron chi connectivity index (χ1n) is 8.05. The lowest BCUT2D eigenvalue weighted by molar-refractivity contribution is -0.122. The van der Waals surface area contributed by atoms with Crippen molar-refractivity contribution in [2.45, 2.75) is 33.7 Å². The van der Waals surface area contributed by atoms with Crippen LogP contribution in [0.1, 0.15) is 30.7 Å². The molecule has 0 aromatic carbocycles. The summed E-state index contributed by atoms with van der Waals surface area (Å²) in [6, 6.07) is 4.38. The van der Waals surface area contributed by atoms with Crippen LogP contribution < -0.4 is 10.2 Å². The zero-order chi connectivity index (χ0) is 17.0. The van der Waals surface area contributed by atoms with Gasteiger partial charge in [-0.25, -0.2) is 4.98 Å². The number of carbonyl (C=O) groups excluding carboxylic acids is 1. The lowest BCUT2D eigenvalue weighted by atomic mass is 10.1. The number of hydrogen-bond donors (Lipinski definition) is 1. The summed E-state index contributed by atoms with van der Waals surface area (Å²) in [6.07, 6.45) is 0. The van der Waals surface area contributed by atoms with Crippen molar-refractivity contribution in [1.82, 2.24) is 15.2 Å². The molecule has 1 aliphatic rings. The summed E-state index contributed by atoms with van der Waals surface area (Å²) >= 11 is 0. The van der Waals surface area contributed by atoms with Gasteiger partial charge in [-0.15, -0.1) is 0 Å². The average Bonchev–Trinajstić information content (AvgIpc) is 2.46. The Morgan fingerprint density at radius 1 is 1.35 bits per heavy atom. The van der Waals surface area contributed by atoms with Gasteiger partial charge in [-0.2, -0.15) is 5.26 Å². The Labute approximate surface area is 138 Å². The Bertz CT molecular complexity index is 612. The molecule has 0 bridgehead atoms. The van der Waals surface area contributed by atoms with E-state index < -0.39 is 0 Å². The van der Waals surface area contributed by atoms with Gasteiger partial charge in [0, 0.05) is 37.9 Å². The van der Waals surface area contributed by atoms with Gasteiger partial charge in [0.05, 0.1) is 12.1 Å². The fourth-order valence-electron chi connectivity index (χ4n) is 2.87. The maximum absolute atomic E-state index is 11.8. The van der Waals surface area contributed by atoms with Crippen LogP contribution in [-0.2, 0) is 4.79 Å². The second-order valence-electron chi connectivity index (χ2n) is 6.38. The van der Waals surface area contributed by atoms with Crippen molar-refractivity contribution in [2.24, 2.45) is 0 Å². The second-order valence-corrected chi connectivity index (χ2v) is 6.38. The number of anilines is 1. The Balaban J connectivity index is 2.00. The van der Waals surface area contributed by atoms with E-state index >= 15 is 0 Å². The molecular formula is C17H25N5O. The van der Waals surface area contributed by atoms with Crippen molar-refractivity contribution < 1.29 is 4.79 Å². The number of nitriles is 1. The summed E-state index contributed by atoms with van der Waals surface area (Å²) in [5.74, 6) is 0.840. The van der Waals surface area contributed by atoms with Gasteiger partial charge in [0.2, 0.25) is 5.91 Å². The van der Waals surface area contributed by atoms with E-state index in [4.69, 9.17) is 0 Å². The van der Waals surface area contributed by atoms with Crippen LogP contribution in [0.5, 0.6) is 0 Å². The molecule has 23 heavy (non-hydrogen) atoms. The normalized spacial score (nSPS) is 15.6. The molecule has 0 spiro atoms. The predicted molar refractivity (Wildman–Crippen MR) is 90.4 cm³/mol. The van der Waals surface area contributed by atoms with E-state index in [1.54, 1.807) is 0 Å². The zero-order valence-electron chi connectivity index (χ0n) is 14.4. The molecule has 6 heteroatoms. The second kappa shape index (κ2) is 7.42. The first-order valence-corrected chi connectivity index (χ1v) is 8.05. The van der Waals surface area contributed by atoms with E-state index in [-0.39, 0.29) is 11.9 Å². The topological polar surface area (TPSA) is 72.3 Å². The number of aryl methyl sites for hydroxylation is 2. The SMILES string of the molecule is Cc1cc(C)c(C#N)c(N2CCN(CC(=O)NC(C)C)CC2)n1. The Morgan fingerprint density at radius 2 is 2.00 bits per heavy atom. The Kier molecular flexibility index (Phi) is 5.56. The molecule has 1 fully saturated rings. The standard InChI is InChI=1S/C17H25N5O/c1-12(2)19-16(23)11-21-5-7-22(8-6-21)17-15(10-18)13(3)9-14(4)20-17/h9,12H,5-8,11H2,1-4H3,(H,19,23). The van der Waals surface area contributed by atoms with Crippen molar-refractivity contribution in [3.8, 4) is 6.07 Å². The van der Waals surface area contributed by atoms with Crippen molar-refractivity contribution in [1.29, 1.82) is 5.26 Å². The quantitative estimate of drug-likeness (QED) is 0.904. The summed E-state index contributed by atoms with van der Waals surface area (Å²) in [5.41, 5.74) is 2.55. The van der Waals surface area contributed by atoms with Gasteiger partial charge in [0.25, 0.3) is 0 Å². The molecule has 1 N–H and O–H groups in total. The van der Waals surface area contributed by atoms with Crippen LogP contribution in [0.15, 0.2) is 6.07 Å². The van der Waals surface area contributed by atoms with E-state index in [1.807, 2.05) is 33.8 Å². The number of amides is 1. The van der Waals surface area contributed by atoms with Crippen LogP contribution in [0.4, 0.5) is 5.82 Å². The van der Waals surface area contributed by atoms with E-state index in [9.17, 15) is 10.1 Å². The predicted octanol–water partition coefficient (Wildman–Crippen LogP) is 1.22. The fraction of sp³-hybridized carbons (Fsp3) is 0.588. The molecule has 0 atom stereocenters. The number of rotatable bonds is 4. The highest BCUT2D eigenvalue weighted by molar-refractivity contribution is 5.78. The maximum atomic E-state index is 11.8. The van der Waals surface area contributed by atoms with Crippen molar-refractivity contribution in [3.63, 3.8) is 0 Å². The lowest BCUT2D eigenvalue weighted by Crippen LogP contribution is -2.50. The summed E-state index contributed by atoms with van der Waals surface area (Å²) in [6.45, 7) is 11.4. The largest absolute Gasteiger partial charge is 0.353 e. The molecule has 0 radical (unpaired) electrons. The fourth-order valence-corrected chi connectivity index (χ4v) is 2.87. The van der Waals surface area contributed by atoms with Gasteiger partial charge in [0.15, 0.2) is 0 Å². The van der Waals surface area contributed by atoms with Gasteiger partial charge >= 0.3 is 0 Å². The smallest absolute Gasteiger partial charge is 0.234 e. The molecule has 1 aromatic heterocycles. The monoisotopic (exact) mass is 315 g/mol. The maximum Gasteiger partial charge on any atom is 0.234 e. The molecule has 6 nitrogen and oxygen atoms in total. The Hall–Kier alpha value is -2.13. The summed E-state index contributed by atoms with van der Waals surface area (Å²) in [5, 5.41) is 12.3. The van der Waals surface area contributed by atoms with E-state index in [1.165, 1.54) is 0 Å². The highest BCUT2D eigenvalue weighted by atomic mass is 16.2. The first-order chi connectivity index (χ1) is 10.9. The molecule has 1 saturated heterocycles. The zero-order valence-corrected chi connectivity index (χ0v) is 14.4. The van der Waals surface area contributed by atoms with Crippen LogP contribution >= 0.6 is 0 Å². The number of hydrogen-bond acceptors (Lipinski definition) is 5. The molecule has 2 heterocycles.